The summed E-state index contributed by atoms with van der Waals surface area (Å²) < 4.78 is 0. The Labute approximate surface area is 96.6 Å². The molecule has 0 aliphatic carbocycles. The molecule has 0 N–H and O–H groups in total. The average Bonchev–Trinajstić information content (AvgIpc) is 1.70. The molecule has 0 fully saturated rings. The van der Waals surface area contributed by atoms with Gasteiger partial charge in [0.1, 0.15) is 0 Å². The van der Waals surface area contributed by atoms with E-state index in [1.54, 1.807) is 42.3 Å². The zero-order valence-corrected chi connectivity index (χ0v) is 11.4. The van der Waals surface area contributed by atoms with E-state index in [0.717, 1.165) is 0 Å². The van der Waals surface area contributed by atoms with Crippen LogP contribution in [0.3, 0.4) is 0 Å². The molecule has 0 atom stereocenters. The molecule has 69 valence electrons. The summed E-state index contributed by atoms with van der Waals surface area (Å²) in [7, 11) is 10.5. The molecule has 0 aromatic rings. The summed E-state index contributed by atoms with van der Waals surface area (Å²) >= 11 is 0. The molecule has 0 saturated carbocycles. The van der Waals surface area contributed by atoms with E-state index in [0.29, 0.717) is 0 Å². The van der Waals surface area contributed by atoms with E-state index in [2.05, 4.69) is 16.0 Å². The van der Waals surface area contributed by atoms with Crippen LogP contribution in [-0.4, -0.2) is 42.3 Å². The van der Waals surface area contributed by atoms with E-state index in [1.807, 2.05) is 0 Å². The molecule has 0 spiro atoms. The maximum atomic E-state index is 3.50. The van der Waals surface area contributed by atoms with Crippen molar-refractivity contribution in [3.63, 3.8) is 0 Å². The quantitative estimate of drug-likeness (QED) is 0.528. The number of rotatable bonds is 0. The monoisotopic (exact) mass is 257 g/mol. The standard InChI is InChI=1S/3C2H6N.ClH.Zr/c3*1-3-2;;/h3*1-2H3;1H;/q3*-1;;+3/p-1. The Kier molecular flexibility index (Phi) is 183. The molecular weight excluding hydrogens is 241 g/mol. The third-order valence-corrected chi connectivity index (χ3v) is 0. The van der Waals surface area contributed by atoms with Crippen LogP contribution in [0.2, 0.25) is 0 Å². The van der Waals surface area contributed by atoms with Gasteiger partial charge in [-0.15, -0.1) is 0 Å². The molecule has 0 amide bonds. The number of nitrogens with zero attached hydrogens (tertiary/aromatic N) is 3. The van der Waals surface area contributed by atoms with Gasteiger partial charge in [0.15, 0.2) is 0 Å². The van der Waals surface area contributed by atoms with Gasteiger partial charge in [-0.2, -0.15) is 42.3 Å². The molecular formula is C6H18ClN3Zr-. The number of hydrogen-bond donors (Lipinski definition) is 0. The summed E-state index contributed by atoms with van der Waals surface area (Å²) in [6, 6.07) is 0. The van der Waals surface area contributed by atoms with Gasteiger partial charge in [0.2, 0.25) is 0 Å². The summed E-state index contributed by atoms with van der Waals surface area (Å²) in [5, 5.41) is 10.5. The fourth-order valence-electron chi connectivity index (χ4n) is 0. The van der Waals surface area contributed by atoms with Crippen LogP contribution in [-0.2, 0) is 26.2 Å². The maximum Gasteiger partial charge on any atom is 3.00 e. The van der Waals surface area contributed by atoms with E-state index in [4.69, 9.17) is 0 Å². The first-order chi connectivity index (χ1) is 4.24. The van der Waals surface area contributed by atoms with Gasteiger partial charge >= 0.3 is 26.2 Å². The summed E-state index contributed by atoms with van der Waals surface area (Å²) in [5.41, 5.74) is 0. The van der Waals surface area contributed by atoms with Gasteiger partial charge in [-0.25, -0.2) is 0 Å². The van der Waals surface area contributed by atoms with Gasteiger partial charge < -0.3 is 28.4 Å². The van der Waals surface area contributed by atoms with Gasteiger partial charge in [-0.05, 0) is 0 Å². The Morgan fingerprint density at radius 1 is 0.545 bits per heavy atom. The Morgan fingerprint density at radius 3 is 0.545 bits per heavy atom. The van der Waals surface area contributed by atoms with Crippen LogP contribution in [0.1, 0.15) is 0 Å². The van der Waals surface area contributed by atoms with Gasteiger partial charge in [0, 0.05) is 0 Å². The molecule has 1 radical (unpaired) electrons. The third kappa shape index (κ3) is 817. The Hall–Kier alpha value is 1.05. The average molecular weight is 259 g/mol. The molecule has 0 aliphatic rings. The van der Waals surface area contributed by atoms with E-state index < -0.39 is 0 Å². The van der Waals surface area contributed by atoms with E-state index in [1.165, 1.54) is 0 Å². The molecule has 0 aliphatic heterocycles. The number of hydrogen-bond acceptors (Lipinski definition) is 0. The second kappa shape index (κ2) is 68.0. The SMILES string of the molecule is C[N-]C.C[N-]C.C[N-]C.[Cl-].[Zr+3]. The molecule has 5 heteroatoms. The van der Waals surface area contributed by atoms with Crippen LogP contribution in [0, 0.1) is 0 Å². The molecule has 11 heavy (non-hydrogen) atoms. The normalized spacial score (nSPS) is 4.91. The van der Waals surface area contributed by atoms with Gasteiger partial charge in [0.25, 0.3) is 0 Å². The zero-order valence-electron chi connectivity index (χ0n) is 8.22. The first-order valence-electron chi connectivity index (χ1n) is 2.68. The summed E-state index contributed by atoms with van der Waals surface area (Å²) in [6.45, 7) is 0. The molecule has 3 nitrogen and oxygen atoms in total. The van der Waals surface area contributed by atoms with Crippen LogP contribution in [0.15, 0.2) is 0 Å². The first kappa shape index (κ1) is 29.6. The molecule has 0 rings (SSSR count). The minimum absolute atomic E-state index is 0. The zero-order chi connectivity index (χ0) is 8.12. The van der Waals surface area contributed by atoms with Crippen LogP contribution in [0.5, 0.6) is 0 Å². The van der Waals surface area contributed by atoms with E-state index in [9.17, 15) is 0 Å². The van der Waals surface area contributed by atoms with Crippen molar-refractivity contribution in [1.82, 2.24) is 0 Å². The molecule has 0 bridgehead atoms. The van der Waals surface area contributed by atoms with Crippen molar-refractivity contribution in [2.75, 3.05) is 42.3 Å². The number of halogens is 1. The first-order valence-corrected chi connectivity index (χ1v) is 2.68. The van der Waals surface area contributed by atoms with Crippen molar-refractivity contribution in [1.29, 1.82) is 0 Å². The predicted molar refractivity (Wildman–Crippen MR) is 45.6 cm³/mol. The van der Waals surface area contributed by atoms with Gasteiger partial charge in [-0.1, -0.05) is 0 Å². The van der Waals surface area contributed by atoms with Crippen molar-refractivity contribution in [2.24, 2.45) is 0 Å². The van der Waals surface area contributed by atoms with Gasteiger partial charge in [-0.3, -0.25) is 0 Å². The second-order valence-corrected chi connectivity index (χ2v) is 1.34. The summed E-state index contributed by atoms with van der Waals surface area (Å²) in [6.07, 6.45) is 0. The van der Waals surface area contributed by atoms with Crippen LogP contribution in [0.25, 0.3) is 16.0 Å². The van der Waals surface area contributed by atoms with Crippen molar-refractivity contribution in [3.8, 4) is 0 Å². The Balaban J connectivity index is -0.0000000150. The smallest absolute Gasteiger partial charge is 1.00 e. The maximum absolute atomic E-state index is 3.50. The van der Waals surface area contributed by atoms with E-state index >= 15 is 0 Å². The fraction of sp³-hybridized carbons (Fsp3) is 1.00. The molecule has 0 unspecified atom stereocenters. The predicted octanol–water partition coefficient (Wildman–Crippen LogP) is -1.14. The van der Waals surface area contributed by atoms with Gasteiger partial charge in [0.05, 0.1) is 0 Å². The van der Waals surface area contributed by atoms with Crippen molar-refractivity contribution in [3.05, 3.63) is 16.0 Å². The topological polar surface area (TPSA) is 42.3 Å². The molecule has 0 saturated heterocycles. The Morgan fingerprint density at radius 2 is 0.545 bits per heavy atom. The summed E-state index contributed by atoms with van der Waals surface area (Å²) in [5.74, 6) is 0. The minimum atomic E-state index is 0. The van der Waals surface area contributed by atoms with Crippen molar-refractivity contribution in [2.45, 2.75) is 0 Å². The minimum Gasteiger partial charge on any atom is -1.00 e. The largest absolute Gasteiger partial charge is 3.00 e. The van der Waals surface area contributed by atoms with Crippen LogP contribution >= 0.6 is 0 Å². The van der Waals surface area contributed by atoms with Crippen LogP contribution in [0.4, 0.5) is 0 Å². The van der Waals surface area contributed by atoms with Crippen LogP contribution < -0.4 is 12.4 Å². The molecule has 0 aromatic heterocycles. The van der Waals surface area contributed by atoms with Crippen molar-refractivity contribution < 1.29 is 38.6 Å². The second-order valence-electron chi connectivity index (χ2n) is 1.34. The van der Waals surface area contributed by atoms with E-state index in [-0.39, 0.29) is 38.6 Å². The third-order valence-electron chi connectivity index (χ3n) is 0. The van der Waals surface area contributed by atoms with Crippen molar-refractivity contribution >= 4 is 0 Å². The summed E-state index contributed by atoms with van der Waals surface area (Å²) in [4.78, 5) is 0. The fourth-order valence-corrected chi connectivity index (χ4v) is 0. The Bertz CT molecular complexity index is 22.5. The molecule has 0 aromatic carbocycles. The molecule has 0 heterocycles.